The minimum Gasteiger partial charge on any atom is -0.351 e. The van der Waals surface area contributed by atoms with Gasteiger partial charge in [-0.1, -0.05) is 23.4 Å². The molecule has 9 heteroatoms. The quantitative estimate of drug-likeness (QED) is 0.506. The monoisotopic (exact) mass is 462 g/mol. The van der Waals surface area contributed by atoms with Crippen molar-refractivity contribution in [3.63, 3.8) is 0 Å². The van der Waals surface area contributed by atoms with Gasteiger partial charge in [-0.25, -0.2) is 4.79 Å². The Hall–Kier alpha value is -3.72. The first-order valence-electron chi connectivity index (χ1n) is 11.6. The molecule has 3 aromatic rings. The third-order valence-electron chi connectivity index (χ3n) is 5.82. The molecule has 1 aromatic heterocycles. The van der Waals surface area contributed by atoms with Crippen molar-refractivity contribution in [2.75, 3.05) is 45.1 Å². The summed E-state index contributed by atoms with van der Waals surface area (Å²) in [6, 6.07) is 16.2. The van der Waals surface area contributed by atoms with Crippen LogP contribution in [0.5, 0.6) is 0 Å². The number of carbonyl (C=O) groups is 2. The van der Waals surface area contributed by atoms with Crippen LogP contribution in [0.2, 0.25) is 0 Å². The van der Waals surface area contributed by atoms with Gasteiger partial charge in [0.15, 0.2) is 5.82 Å². The number of hydrogen-bond acceptors (Lipinski definition) is 6. The number of para-hydroxylation sites is 1. The Morgan fingerprint density at radius 1 is 1.06 bits per heavy atom. The summed E-state index contributed by atoms with van der Waals surface area (Å²) in [5.74, 6) is 0.805. The molecular formula is C25H30N6O3. The van der Waals surface area contributed by atoms with E-state index < -0.39 is 0 Å². The van der Waals surface area contributed by atoms with E-state index in [-0.39, 0.29) is 11.9 Å². The highest BCUT2D eigenvalue weighted by Crippen LogP contribution is 2.18. The zero-order valence-electron chi connectivity index (χ0n) is 19.4. The van der Waals surface area contributed by atoms with Gasteiger partial charge in [0.25, 0.3) is 11.8 Å². The highest BCUT2D eigenvalue weighted by atomic mass is 16.5. The summed E-state index contributed by atoms with van der Waals surface area (Å²) >= 11 is 0. The molecular weight excluding hydrogens is 432 g/mol. The molecule has 0 bridgehead atoms. The zero-order valence-corrected chi connectivity index (χ0v) is 19.4. The van der Waals surface area contributed by atoms with Crippen LogP contribution in [-0.2, 0) is 6.42 Å². The molecule has 1 aliphatic rings. The van der Waals surface area contributed by atoms with Crippen molar-refractivity contribution in [2.45, 2.75) is 19.3 Å². The van der Waals surface area contributed by atoms with Crippen LogP contribution >= 0.6 is 0 Å². The van der Waals surface area contributed by atoms with Gasteiger partial charge < -0.3 is 25.0 Å². The van der Waals surface area contributed by atoms with E-state index in [1.165, 1.54) is 12.8 Å². The first kappa shape index (κ1) is 23.4. The lowest BCUT2D eigenvalue weighted by Gasteiger charge is -2.16. The van der Waals surface area contributed by atoms with E-state index in [9.17, 15) is 9.59 Å². The average Bonchev–Trinajstić information content (AvgIpc) is 3.56. The van der Waals surface area contributed by atoms with E-state index in [4.69, 9.17) is 4.52 Å². The molecule has 3 amide bonds. The Labute approximate surface area is 199 Å². The molecule has 178 valence electrons. The molecule has 34 heavy (non-hydrogen) atoms. The summed E-state index contributed by atoms with van der Waals surface area (Å²) < 4.78 is 5.38. The fourth-order valence-electron chi connectivity index (χ4n) is 3.78. The maximum absolute atomic E-state index is 12.4. The number of amides is 3. The number of nitrogens with zero attached hydrogens (tertiary/aromatic N) is 4. The molecule has 4 rings (SSSR count). The predicted molar refractivity (Wildman–Crippen MR) is 130 cm³/mol. The third kappa shape index (κ3) is 6.41. The maximum Gasteiger partial charge on any atom is 0.321 e. The van der Waals surface area contributed by atoms with E-state index in [1.54, 1.807) is 36.2 Å². The smallest absolute Gasteiger partial charge is 0.321 e. The highest BCUT2D eigenvalue weighted by molar-refractivity contribution is 5.94. The molecule has 2 aromatic carbocycles. The number of urea groups is 1. The fourth-order valence-corrected chi connectivity index (χ4v) is 3.78. The van der Waals surface area contributed by atoms with Crippen molar-refractivity contribution in [1.29, 1.82) is 0 Å². The summed E-state index contributed by atoms with van der Waals surface area (Å²) in [6.45, 7) is 4.21. The second-order valence-electron chi connectivity index (χ2n) is 8.37. The molecule has 1 aliphatic heterocycles. The first-order chi connectivity index (χ1) is 16.6. The molecule has 9 nitrogen and oxygen atoms in total. The van der Waals surface area contributed by atoms with Gasteiger partial charge >= 0.3 is 6.03 Å². The minimum atomic E-state index is -0.204. The normalized spacial score (nSPS) is 13.6. The number of benzene rings is 2. The van der Waals surface area contributed by atoms with Crippen LogP contribution in [0.3, 0.4) is 0 Å². The maximum atomic E-state index is 12.4. The van der Waals surface area contributed by atoms with Crippen molar-refractivity contribution in [1.82, 2.24) is 25.3 Å². The van der Waals surface area contributed by atoms with Crippen LogP contribution in [0.1, 0.15) is 29.0 Å². The van der Waals surface area contributed by atoms with Gasteiger partial charge in [-0.15, -0.1) is 0 Å². The molecule has 1 fully saturated rings. The van der Waals surface area contributed by atoms with Crippen molar-refractivity contribution in [3.8, 4) is 11.5 Å². The van der Waals surface area contributed by atoms with Crippen LogP contribution in [0.15, 0.2) is 59.1 Å². The second kappa shape index (κ2) is 11.4. The lowest BCUT2D eigenvalue weighted by molar-refractivity contribution is 0.0949. The van der Waals surface area contributed by atoms with Crippen molar-refractivity contribution < 1.29 is 14.1 Å². The van der Waals surface area contributed by atoms with E-state index in [0.29, 0.717) is 36.8 Å². The van der Waals surface area contributed by atoms with Crippen LogP contribution in [-0.4, -0.2) is 71.7 Å². The second-order valence-corrected chi connectivity index (χ2v) is 8.37. The molecule has 1 saturated heterocycles. The first-order valence-corrected chi connectivity index (χ1v) is 11.6. The zero-order chi connectivity index (χ0) is 23.8. The number of carbonyl (C=O) groups excluding carboxylic acids is 2. The number of likely N-dealkylation sites (N-methyl/N-ethyl adjacent to an activating group) is 1. The van der Waals surface area contributed by atoms with E-state index in [2.05, 4.69) is 25.7 Å². The van der Waals surface area contributed by atoms with Gasteiger partial charge in [0.1, 0.15) is 0 Å². The van der Waals surface area contributed by atoms with Crippen molar-refractivity contribution >= 4 is 17.6 Å². The van der Waals surface area contributed by atoms with Crippen LogP contribution in [0, 0.1) is 0 Å². The average molecular weight is 463 g/mol. The summed E-state index contributed by atoms with van der Waals surface area (Å²) in [5, 5.41) is 9.82. The Morgan fingerprint density at radius 2 is 1.79 bits per heavy atom. The molecule has 2 heterocycles. The Morgan fingerprint density at radius 3 is 2.53 bits per heavy atom. The largest absolute Gasteiger partial charge is 0.351 e. The predicted octanol–water partition coefficient (Wildman–Crippen LogP) is 3.27. The summed E-state index contributed by atoms with van der Waals surface area (Å²) in [4.78, 5) is 33.0. The lowest BCUT2D eigenvalue weighted by Crippen LogP contribution is -2.33. The van der Waals surface area contributed by atoms with Crippen LogP contribution < -0.4 is 10.6 Å². The number of aromatic nitrogens is 2. The Kier molecular flexibility index (Phi) is 7.87. The van der Waals surface area contributed by atoms with Crippen molar-refractivity contribution in [2.24, 2.45) is 0 Å². The van der Waals surface area contributed by atoms with Gasteiger partial charge in [0.2, 0.25) is 0 Å². The molecule has 0 unspecified atom stereocenters. The summed E-state index contributed by atoms with van der Waals surface area (Å²) in [5.41, 5.74) is 2.07. The van der Waals surface area contributed by atoms with Gasteiger partial charge in [0, 0.05) is 49.9 Å². The lowest BCUT2D eigenvalue weighted by atomic mass is 10.1. The van der Waals surface area contributed by atoms with E-state index in [0.717, 1.165) is 30.9 Å². The van der Waals surface area contributed by atoms with Crippen LogP contribution in [0.25, 0.3) is 11.5 Å². The number of nitrogens with one attached hydrogen (secondary N) is 2. The Balaban J connectivity index is 1.24. The third-order valence-corrected chi connectivity index (χ3v) is 5.82. The van der Waals surface area contributed by atoms with Crippen molar-refractivity contribution in [3.05, 3.63) is 66.0 Å². The van der Waals surface area contributed by atoms with Crippen LogP contribution in [0.4, 0.5) is 10.5 Å². The van der Waals surface area contributed by atoms with Gasteiger partial charge in [0.05, 0.1) is 0 Å². The Bertz CT molecular complexity index is 1080. The summed E-state index contributed by atoms with van der Waals surface area (Å²) in [7, 11) is 1.72. The number of anilines is 1. The van der Waals surface area contributed by atoms with E-state index >= 15 is 0 Å². The molecule has 0 atom stereocenters. The number of likely N-dealkylation sites (tertiary alicyclic amines) is 1. The SMILES string of the molecule is CN(CCc1noc(-c2ccc(C(=O)NCCN3CCCC3)cc2)n1)C(=O)Nc1ccccc1. The van der Waals surface area contributed by atoms with Gasteiger partial charge in [-0.3, -0.25) is 4.79 Å². The van der Waals surface area contributed by atoms with Gasteiger partial charge in [-0.05, 0) is 62.3 Å². The molecule has 2 N–H and O–H groups in total. The topological polar surface area (TPSA) is 104 Å². The summed E-state index contributed by atoms with van der Waals surface area (Å²) in [6.07, 6.45) is 2.94. The number of rotatable bonds is 9. The molecule has 0 radical (unpaired) electrons. The van der Waals surface area contributed by atoms with Gasteiger partial charge in [-0.2, -0.15) is 4.98 Å². The van der Waals surface area contributed by atoms with E-state index in [1.807, 2.05) is 30.3 Å². The molecule has 0 saturated carbocycles. The molecule has 0 spiro atoms. The standard InChI is InChI=1S/C25H30N6O3/c1-30(25(33)27-21-7-3-2-4-8-21)17-13-22-28-24(34-29-22)20-11-9-19(10-12-20)23(32)26-14-18-31-15-5-6-16-31/h2-4,7-12H,5-6,13-18H2,1H3,(H,26,32)(H,27,33). The molecule has 0 aliphatic carbocycles. The minimum absolute atomic E-state index is 0.0891. The highest BCUT2D eigenvalue weighted by Gasteiger charge is 2.14. The fraction of sp³-hybridized carbons (Fsp3) is 0.360. The number of hydrogen-bond donors (Lipinski definition) is 2.